The highest BCUT2D eigenvalue weighted by atomic mass is 19.4. The molecule has 1 aliphatic heterocycles. The maximum Gasteiger partial charge on any atom is 0.418 e. The van der Waals surface area contributed by atoms with Crippen molar-refractivity contribution >= 4 is 17.3 Å². The molecule has 2 aromatic carbocycles. The van der Waals surface area contributed by atoms with Crippen LogP contribution in [0.3, 0.4) is 0 Å². The molecule has 0 aromatic heterocycles. The van der Waals surface area contributed by atoms with Crippen molar-refractivity contribution in [1.29, 1.82) is 5.26 Å². The summed E-state index contributed by atoms with van der Waals surface area (Å²) in [5, 5.41) is 11.6. The van der Waals surface area contributed by atoms with Gasteiger partial charge in [-0.1, -0.05) is 24.3 Å². The highest BCUT2D eigenvalue weighted by molar-refractivity contribution is 6.06. The van der Waals surface area contributed by atoms with Crippen molar-refractivity contribution in [3.63, 3.8) is 0 Å². The van der Waals surface area contributed by atoms with Crippen LogP contribution in [0.25, 0.3) is 0 Å². The van der Waals surface area contributed by atoms with Crippen molar-refractivity contribution in [3.05, 3.63) is 65.9 Å². The molecule has 0 aliphatic carbocycles. The van der Waals surface area contributed by atoms with Crippen molar-refractivity contribution in [2.24, 2.45) is 0 Å². The summed E-state index contributed by atoms with van der Waals surface area (Å²) in [6.45, 7) is 2.34. The number of anilines is 2. The summed E-state index contributed by atoms with van der Waals surface area (Å²) >= 11 is 0. The van der Waals surface area contributed by atoms with Crippen LogP contribution in [0.5, 0.6) is 5.75 Å². The normalized spacial score (nSPS) is 14.7. The van der Waals surface area contributed by atoms with E-state index in [4.69, 9.17) is 4.74 Å². The molecular formula is C22H21F3N4O2. The average Bonchev–Trinajstić information content (AvgIpc) is 2.77. The fourth-order valence-corrected chi connectivity index (χ4v) is 3.33. The molecule has 0 spiro atoms. The van der Waals surface area contributed by atoms with Gasteiger partial charge in [-0.3, -0.25) is 4.79 Å². The topological polar surface area (TPSA) is 68.6 Å². The Morgan fingerprint density at radius 3 is 2.39 bits per heavy atom. The van der Waals surface area contributed by atoms with Crippen molar-refractivity contribution in [2.75, 3.05) is 43.5 Å². The summed E-state index contributed by atoms with van der Waals surface area (Å²) in [4.78, 5) is 16.4. The van der Waals surface area contributed by atoms with Gasteiger partial charge in [-0.2, -0.15) is 18.4 Å². The number of rotatable bonds is 5. The van der Waals surface area contributed by atoms with Crippen LogP contribution >= 0.6 is 0 Å². The number of benzene rings is 2. The minimum absolute atomic E-state index is 0.261. The zero-order valence-electron chi connectivity index (χ0n) is 16.8. The largest absolute Gasteiger partial charge is 0.495 e. The van der Waals surface area contributed by atoms with Gasteiger partial charge in [0.1, 0.15) is 17.4 Å². The van der Waals surface area contributed by atoms with Crippen LogP contribution in [-0.2, 0) is 11.0 Å². The first-order valence-electron chi connectivity index (χ1n) is 9.55. The van der Waals surface area contributed by atoms with Gasteiger partial charge in [0.25, 0.3) is 5.91 Å². The van der Waals surface area contributed by atoms with Gasteiger partial charge in [0.2, 0.25) is 0 Å². The Balaban J connectivity index is 1.68. The van der Waals surface area contributed by atoms with Crippen LogP contribution in [0, 0.1) is 11.3 Å². The van der Waals surface area contributed by atoms with Gasteiger partial charge in [-0.25, -0.2) is 0 Å². The molecule has 1 N–H and O–H groups in total. The zero-order valence-corrected chi connectivity index (χ0v) is 16.8. The molecule has 0 saturated carbocycles. The minimum atomic E-state index is -4.62. The number of hydrogen-bond acceptors (Lipinski definition) is 5. The number of alkyl halides is 3. The first kappa shape index (κ1) is 22.0. The molecule has 6 nitrogen and oxygen atoms in total. The Hall–Kier alpha value is -3.67. The number of hydrogen-bond donors (Lipinski definition) is 1. The number of para-hydroxylation sites is 3. The van der Waals surface area contributed by atoms with E-state index in [9.17, 15) is 23.2 Å². The highest BCUT2D eigenvalue weighted by Gasteiger charge is 2.33. The van der Waals surface area contributed by atoms with E-state index in [1.807, 2.05) is 24.3 Å². The number of nitriles is 1. The first-order valence-corrected chi connectivity index (χ1v) is 9.55. The van der Waals surface area contributed by atoms with Gasteiger partial charge in [0.15, 0.2) is 0 Å². The van der Waals surface area contributed by atoms with E-state index in [0.29, 0.717) is 26.2 Å². The Morgan fingerprint density at radius 2 is 1.74 bits per heavy atom. The van der Waals surface area contributed by atoms with E-state index in [-0.39, 0.29) is 11.3 Å². The van der Waals surface area contributed by atoms with Crippen LogP contribution in [0.4, 0.5) is 24.5 Å². The van der Waals surface area contributed by atoms with Gasteiger partial charge in [0.05, 0.1) is 24.0 Å². The number of carbonyl (C=O) groups is 1. The molecular weight excluding hydrogens is 409 g/mol. The molecule has 0 bridgehead atoms. The molecule has 3 rings (SSSR count). The Kier molecular flexibility index (Phi) is 6.70. The van der Waals surface area contributed by atoms with Gasteiger partial charge in [0, 0.05) is 32.4 Å². The van der Waals surface area contributed by atoms with Crippen molar-refractivity contribution in [3.8, 4) is 11.8 Å². The summed E-state index contributed by atoms with van der Waals surface area (Å²) in [6, 6.07) is 14.1. The maximum atomic E-state index is 13.1. The summed E-state index contributed by atoms with van der Waals surface area (Å²) in [5.41, 5.74) is -0.661. The van der Waals surface area contributed by atoms with E-state index in [2.05, 4.69) is 10.2 Å². The number of nitrogens with one attached hydrogen (secondary N) is 1. The van der Waals surface area contributed by atoms with Crippen LogP contribution in [-0.4, -0.2) is 44.1 Å². The quantitative estimate of drug-likeness (QED) is 0.576. The Morgan fingerprint density at radius 1 is 1.10 bits per heavy atom. The second-order valence-corrected chi connectivity index (χ2v) is 6.85. The second kappa shape index (κ2) is 9.43. The third-order valence-corrected chi connectivity index (χ3v) is 4.90. The number of nitrogens with zero attached hydrogens (tertiary/aromatic N) is 3. The lowest BCUT2D eigenvalue weighted by molar-refractivity contribution is -0.137. The summed E-state index contributed by atoms with van der Waals surface area (Å²) in [5.74, 6) is -0.127. The molecule has 0 radical (unpaired) electrons. The number of piperazine rings is 1. The molecule has 1 aliphatic rings. The fourth-order valence-electron chi connectivity index (χ4n) is 3.33. The summed E-state index contributed by atoms with van der Waals surface area (Å²) in [7, 11) is 1.60. The van der Waals surface area contributed by atoms with Gasteiger partial charge in [-0.15, -0.1) is 0 Å². The van der Waals surface area contributed by atoms with Crippen molar-refractivity contribution in [2.45, 2.75) is 6.18 Å². The lowest BCUT2D eigenvalue weighted by Crippen LogP contribution is -2.44. The maximum absolute atomic E-state index is 13.1. The number of ether oxygens (including phenoxy) is 1. The van der Waals surface area contributed by atoms with Gasteiger partial charge in [-0.05, 0) is 24.3 Å². The molecule has 0 unspecified atom stereocenters. The minimum Gasteiger partial charge on any atom is -0.495 e. The number of halogens is 3. The number of carbonyl (C=O) groups excluding carboxylic acids is 1. The second-order valence-electron chi connectivity index (χ2n) is 6.85. The molecule has 2 aromatic rings. The number of methoxy groups -OCH3 is 1. The fraction of sp³-hybridized carbons (Fsp3) is 0.273. The standard InChI is InChI=1S/C22H21F3N4O2/c1-31-20-9-5-4-8-19(20)29-12-10-28(11-13-29)15-16(14-26)21(30)27-18-7-3-2-6-17(18)22(23,24)25/h2-9,15H,10-13H2,1H3,(H,27,30)/b16-15-. The Bertz CT molecular complexity index is 1010. The summed E-state index contributed by atoms with van der Waals surface area (Å²) in [6.07, 6.45) is -3.22. The van der Waals surface area contributed by atoms with Crippen LogP contribution in [0.15, 0.2) is 60.3 Å². The van der Waals surface area contributed by atoms with E-state index < -0.39 is 17.6 Å². The van der Waals surface area contributed by atoms with E-state index in [0.717, 1.165) is 23.6 Å². The van der Waals surface area contributed by atoms with Crippen molar-refractivity contribution in [1.82, 2.24) is 4.90 Å². The monoisotopic (exact) mass is 430 g/mol. The van der Waals surface area contributed by atoms with Crippen LogP contribution < -0.4 is 15.0 Å². The molecule has 1 amide bonds. The highest BCUT2D eigenvalue weighted by Crippen LogP contribution is 2.34. The third-order valence-electron chi connectivity index (χ3n) is 4.90. The molecule has 1 saturated heterocycles. The van der Waals surface area contributed by atoms with Crippen molar-refractivity contribution < 1.29 is 22.7 Å². The van der Waals surface area contributed by atoms with Gasteiger partial charge >= 0.3 is 6.18 Å². The molecule has 31 heavy (non-hydrogen) atoms. The number of amides is 1. The van der Waals surface area contributed by atoms with Crippen LogP contribution in [0.2, 0.25) is 0 Å². The third kappa shape index (κ3) is 5.28. The first-order chi connectivity index (χ1) is 14.8. The lowest BCUT2D eigenvalue weighted by atomic mass is 10.1. The SMILES string of the molecule is COc1ccccc1N1CCN(/C=C(/C#N)C(=O)Nc2ccccc2C(F)(F)F)CC1. The molecule has 9 heteroatoms. The molecule has 1 fully saturated rings. The zero-order chi connectivity index (χ0) is 22.4. The van der Waals surface area contributed by atoms with E-state index in [1.54, 1.807) is 18.1 Å². The smallest absolute Gasteiger partial charge is 0.418 e. The predicted molar refractivity (Wildman–Crippen MR) is 111 cm³/mol. The van der Waals surface area contributed by atoms with E-state index >= 15 is 0 Å². The van der Waals surface area contributed by atoms with E-state index in [1.165, 1.54) is 18.3 Å². The summed E-state index contributed by atoms with van der Waals surface area (Å²) < 4.78 is 44.8. The lowest BCUT2D eigenvalue weighted by Gasteiger charge is -2.36. The molecule has 1 heterocycles. The molecule has 0 atom stereocenters. The Labute approximate surface area is 178 Å². The van der Waals surface area contributed by atoms with Gasteiger partial charge < -0.3 is 19.9 Å². The molecule has 162 valence electrons. The van der Waals surface area contributed by atoms with Crippen LogP contribution in [0.1, 0.15) is 5.56 Å². The average molecular weight is 430 g/mol. The predicted octanol–water partition coefficient (Wildman–Crippen LogP) is 3.88.